The van der Waals surface area contributed by atoms with Crippen molar-refractivity contribution in [2.45, 2.75) is 6.92 Å². The van der Waals surface area contributed by atoms with Gasteiger partial charge < -0.3 is 11.1 Å². The van der Waals surface area contributed by atoms with Crippen molar-refractivity contribution in [2.75, 3.05) is 5.32 Å². The minimum absolute atomic E-state index is 0.311. The lowest BCUT2D eigenvalue weighted by molar-refractivity contribution is 0.100. The summed E-state index contributed by atoms with van der Waals surface area (Å²) in [5, 5.41) is 3.84. The number of nitrogens with two attached hydrogens (primary N) is 1. The maximum atomic E-state index is 12.7. The molecule has 0 bridgehead atoms. The Bertz CT molecular complexity index is 1000. The van der Waals surface area contributed by atoms with E-state index in [1.165, 1.54) is 11.3 Å². The van der Waals surface area contributed by atoms with E-state index in [-0.39, 0.29) is 5.91 Å². The molecule has 2 amide bonds. The van der Waals surface area contributed by atoms with Gasteiger partial charge in [-0.3, -0.25) is 9.59 Å². The summed E-state index contributed by atoms with van der Waals surface area (Å²) in [5.41, 5.74) is 8.08. The lowest BCUT2D eigenvalue weighted by Gasteiger charge is -2.08. The van der Waals surface area contributed by atoms with Crippen LogP contribution >= 0.6 is 45.5 Å². The van der Waals surface area contributed by atoms with Crippen molar-refractivity contribution in [3.05, 3.63) is 73.1 Å². The number of anilines is 1. The molecule has 0 spiro atoms. The summed E-state index contributed by atoms with van der Waals surface area (Å²) >= 11 is 9.33. The smallest absolute Gasteiger partial charge is 0.257 e. The molecule has 3 aromatic rings. The fraction of sp³-hybridized carbons (Fsp3) is 0.0526. The Kier molecular flexibility index (Phi) is 5.64. The molecular weight excluding hydrogens is 483 g/mol. The second-order valence-electron chi connectivity index (χ2n) is 5.55. The summed E-state index contributed by atoms with van der Waals surface area (Å²) in [6.45, 7) is 1.90. The first-order valence-corrected chi connectivity index (χ1v) is 9.91. The van der Waals surface area contributed by atoms with Crippen molar-refractivity contribution in [1.29, 1.82) is 0 Å². The average molecular weight is 497 g/mol. The maximum absolute atomic E-state index is 12.7. The fourth-order valence-corrected chi connectivity index (χ4v) is 4.86. The lowest BCUT2D eigenvalue weighted by atomic mass is 10.0. The van der Waals surface area contributed by atoms with E-state index in [1.54, 1.807) is 18.2 Å². The molecule has 0 saturated carbocycles. The van der Waals surface area contributed by atoms with Gasteiger partial charge in [0.15, 0.2) is 0 Å². The zero-order valence-corrected chi connectivity index (χ0v) is 17.4. The first-order valence-electron chi connectivity index (χ1n) is 7.63. The largest absolute Gasteiger partial charge is 0.365 e. The van der Waals surface area contributed by atoms with Crippen LogP contribution in [-0.4, -0.2) is 11.8 Å². The quantitative estimate of drug-likeness (QED) is 0.479. The molecule has 0 saturated heterocycles. The molecule has 2 aromatic carbocycles. The predicted molar refractivity (Wildman–Crippen MR) is 115 cm³/mol. The van der Waals surface area contributed by atoms with Gasteiger partial charge in [-0.2, -0.15) is 0 Å². The topological polar surface area (TPSA) is 72.2 Å². The highest BCUT2D eigenvalue weighted by Gasteiger charge is 2.23. The van der Waals surface area contributed by atoms with Crippen molar-refractivity contribution < 1.29 is 9.59 Å². The number of aryl methyl sites for hydroxylation is 1. The normalized spacial score (nSPS) is 10.6. The molecule has 0 fully saturated rings. The van der Waals surface area contributed by atoms with Gasteiger partial charge in [0, 0.05) is 19.0 Å². The number of nitrogens with one attached hydrogen (secondary N) is 1. The van der Waals surface area contributed by atoms with Gasteiger partial charge in [-0.25, -0.2) is 0 Å². The van der Waals surface area contributed by atoms with Crippen molar-refractivity contribution in [3.8, 4) is 11.1 Å². The fourth-order valence-electron chi connectivity index (χ4n) is 2.66. The third-order valence-corrected chi connectivity index (χ3v) is 5.94. The Hall–Kier alpha value is -1.90. The van der Waals surface area contributed by atoms with Gasteiger partial charge in [-0.05, 0) is 53.3 Å². The highest BCUT2D eigenvalue weighted by molar-refractivity contribution is 14.1. The number of primary amides is 1. The molecule has 0 radical (unpaired) electrons. The molecule has 0 atom stereocenters. The number of thiophene rings is 1. The first kappa shape index (κ1) is 18.9. The zero-order chi connectivity index (χ0) is 18.8. The van der Waals surface area contributed by atoms with E-state index in [0.29, 0.717) is 21.2 Å². The van der Waals surface area contributed by atoms with Crippen LogP contribution in [0.25, 0.3) is 11.1 Å². The standard InChI is InChI=1S/C19H14ClIN2O2S/c1-10-15(11-5-3-2-4-6-11)16(17(22)24)19(26-10)23-18(25)13-8-7-12(20)9-14(13)21/h2-9H,1H3,(H2,22,24)(H,23,25). The molecule has 4 nitrogen and oxygen atoms in total. The molecule has 132 valence electrons. The molecule has 7 heteroatoms. The monoisotopic (exact) mass is 496 g/mol. The number of halogens is 2. The molecule has 3 rings (SSSR count). The molecule has 1 aromatic heterocycles. The summed E-state index contributed by atoms with van der Waals surface area (Å²) < 4.78 is 0.727. The SMILES string of the molecule is Cc1sc(NC(=O)c2ccc(Cl)cc2I)c(C(N)=O)c1-c1ccccc1. The van der Waals surface area contributed by atoms with Gasteiger partial charge in [0.1, 0.15) is 5.00 Å². The Labute approximate surface area is 173 Å². The van der Waals surface area contributed by atoms with E-state index in [2.05, 4.69) is 27.9 Å². The highest BCUT2D eigenvalue weighted by atomic mass is 127. The van der Waals surface area contributed by atoms with E-state index < -0.39 is 5.91 Å². The van der Waals surface area contributed by atoms with Crippen LogP contribution in [0.3, 0.4) is 0 Å². The van der Waals surface area contributed by atoms with Crippen LogP contribution in [0.1, 0.15) is 25.6 Å². The number of hydrogen-bond acceptors (Lipinski definition) is 3. The molecule has 26 heavy (non-hydrogen) atoms. The molecule has 0 aliphatic heterocycles. The number of amides is 2. The second kappa shape index (κ2) is 7.77. The van der Waals surface area contributed by atoms with Gasteiger partial charge in [0.25, 0.3) is 11.8 Å². The van der Waals surface area contributed by atoms with Crippen LogP contribution < -0.4 is 11.1 Å². The molecule has 0 aliphatic carbocycles. The molecule has 0 aliphatic rings. The number of hydrogen-bond donors (Lipinski definition) is 2. The third kappa shape index (κ3) is 3.77. The number of rotatable bonds is 4. The average Bonchev–Trinajstić information content (AvgIpc) is 2.91. The van der Waals surface area contributed by atoms with Crippen molar-refractivity contribution >= 4 is 62.3 Å². The van der Waals surface area contributed by atoms with Crippen molar-refractivity contribution in [1.82, 2.24) is 0 Å². The van der Waals surface area contributed by atoms with E-state index >= 15 is 0 Å². The second-order valence-corrected chi connectivity index (χ2v) is 8.37. The minimum Gasteiger partial charge on any atom is -0.365 e. The van der Waals surface area contributed by atoms with E-state index in [0.717, 1.165) is 19.6 Å². The molecule has 3 N–H and O–H groups in total. The van der Waals surface area contributed by atoms with Crippen LogP contribution in [0.15, 0.2) is 48.5 Å². The first-order chi connectivity index (χ1) is 12.4. The minimum atomic E-state index is -0.575. The van der Waals surface area contributed by atoms with Crippen molar-refractivity contribution in [2.24, 2.45) is 5.73 Å². The zero-order valence-electron chi connectivity index (χ0n) is 13.7. The third-order valence-electron chi connectivity index (χ3n) is 3.80. The van der Waals surface area contributed by atoms with Gasteiger partial charge in [0.05, 0.1) is 11.1 Å². The Balaban J connectivity index is 2.03. The van der Waals surface area contributed by atoms with Gasteiger partial charge in [0.2, 0.25) is 0 Å². The highest BCUT2D eigenvalue weighted by Crippen LogP contribution is 2.39. The number of benzene rings is 2. The Morgan fingerprint density at radius 3 is 2.46 bits per heavy atom. The van der Waals surface area contributed by atoms with Crippen LogP contribution in [0.4, 0.5) is 5.00 Å². The van der Waals surface area contributed by atoms with E-state index in [9.17, 15) is 9.59 Å². The summed E-state index contributed by atoms with van der Waals surface area (Å²) in [6, 6.07) is 14.5. The Morgan fingerprint density at radius 1 is 1.15 bits per heavy atom. The van der Waals surface area contributed by atoms with Crippen LogP contribution in [0, 0.1) is 10.5 Å². The lowest BCUT2D eigenvalue weighted by Crippen LogP contribution is -2.18. The molecule has 0 unspecified atom stereocenters. The van der Waals surface area contributed by atoms with E-state index in [4.69, 9.17) is 17.3 Å². The molecular formula is C19H14ClIN2O2S. The summed E-state index contributed by atoms with van der Waals surface area (Å²) in [7, 11) is 0. The van der Waals surface area contributed by atoms with Gasteiger partial charge >= 0.3 is 0 Å². The van der Waals surface area contributed by atoms with E-state index in [1.807, 2.05) is 37.3 Å². The van der Waals surface area contributed by atoms with Crippen molar-refractivity contribution in [3.63, 3.8) is 0 Å². The Morgan fingerprint density at radius 2 is 1.85 bits per heavy atom. The summed E-state index contributed by atoms with van der Waals surface area (Å²) in [6.07, 6.45) is 0. The van der Waals surface area contributed by atoms with Crippen LogP contribution in [-0.2, 0) is 0 Å². The number of carbonyl (C=O) groups excluding carboxylic acids is 2. The summed E-state index contributed by atoms with van der Waals surface area (Å²) in [5.74, 6) is -0.885. The van der Waals surface area contributed by atoms with Crippen LogP contribution in [0.2, 0.25) is 5.02 Å². The number of carbonyl (C=O) groups is 2. The predicted octanol–water partition coefficient (Wildman–Crippen LogP) is 5.33. The summed E-state index contributed by atoms with van der Waals surface area (Å²) in [4.78, 5) is 25.7. The van der Waals surface area contributed by atoms with Crippen LogP contribution in [0.5, 0.6) is 0 Å². The molecule has 1 heterocycles. The van der Waals surface area contributed by atoms with Gasteiger partial charge in [-0.15, -0.1) is 11.3 Å². The maximum Gasteiger partial charge on any atom is 0.257 e. The van der Waals surface area contributed by atoms with Gasteiger partial charge in [-0.1, -0.05) is 41.9 Å².